The minimum Gasteiger partial charge on any atom is -0.482 e. The van der Waals surface area contributed by atoms with Crippen LogP contribution in [0.25, 0.3) is 21.8 Å². The predicted molar refractivity (Wildman–Crippen MR) is 146 cm³/mol. The van der Waals surface area contributed by atoms with E-state index in [1.807, 2.05) is 49.4 Å². The first-order valence-corrected chi connectivity index (χ1v) is 12.2. The van der Waals surface area contributed by atoms with Crippen molar-refractivity contribution in [2.24, 2.45) is 5.16 Å². The second kappa shape index (κ2) is 11.0. The number of oxime groups is 1. The number of hydrogen-bond acceptors (Lipinski definition) is 4. The zero-order valence-corrected chi connectivity index (χ0v) is 20.6. The summed E-state index contributed by atoms with van der Waals surface area (Å²) >= 11 is 0. The molecule has 0 unspecified atom stereocenters. The highest BCUT2D eigenvalue weighted by Crippen LogP contribution is 2.28. The molecule has 5 aromatic rings. The Morgan fingerprint density at radius 1 is 0.865 bits per heavy atom. The molecule has 6 nitrogen and oxygen atoms in total. The Morgan fingerprint density at radius 2 is 1.51 bits per heavy atom. The molecule has 0 amide bonds. The molecule has 1 N–H and O–H groups in total. The molecule has 1 heterocycles. The van der Waals surface area contributed by atoms with Crippen LogP contribution < -0.4 is 4.74 Å². The van der Waals surface area contributed by atoms with Gasteiger partial charge in [-0.25, -0.2) is 4.79 Å². The molecular weight excluding hydrogens is 464 g/mol. The summed E-state index contributed by atoms with van der Waals surface area (Å²) in [6, 6.07) is 32.6. The number of para-hydroxylation sites is 2. The summed E-state index contributed by atoms with van der Waals surface area (Å²) in [6.07, 6.45) is 0.569. The molecule has 0 aliphatic carbocycles. The number of benzene rings is 4. The van der Waals surface area contributed by atoms with Crippen LogP contribution in [0.15, 0.2) is 102 Å². The van der Waals surface area contributed by atoms with Gasteiger partial charge in [0.15, 0.2) is 6.61 Å². The number of aryl methyl sites for hydroxylation is 1. The van der Waals surface area contributed by atoms with E-state index in [1.165, 1.54) is 21.8 Å². The molecule has 0 atom stereocenters. The Morgan fingerprint density at radius 3 is 2.16 bits per heavy atom. The average molecular weight is 493 g/mol. The van der Waals surface area contributed by atoms with Gasteiger partial charge in [0.2, 0.25) is 0 Å². The average Bonchev–Trinajstić information content (AvgIpc) is 3.24. The van der Waals surface area contributed by atoms with Crippen LogP contribution in [0.5, 0.6) is 5.75 Å². The van der Waals surface area contributed by atoms with Crippen molar-refractivity contribution in [2.75, 3.05) is 13.2 Å². The quantitative estimate of drug-likeness (QED) is 0.142. The number of hydrogen-bond donors (Lipinski definition) is 1. The highest BCUT2D eigenvalue weighted by molar-refractivity contribution is 6.08. The van der Waals surface area contributed by atoms with Crippen molar-refractivity contribution >= 4 is 33.5 Å². The number of rotatable bonds is 10. The lowest BCUT2D eigenvalue weighted by Crippen LogP contribution is -2.11. The van der Waals surface area contributed by atoms with E-state index >= 15 is 0 Å². The van der Waals surface area contributed by atoms with Crippen LogP contribution in [0.3, 0.4) is 0 Å². The third kappa shape index (κ3) is 5.48. The number of ether oxygens (including phenoxy) is 1. The van der Waals surface area contributed by atoms with Crippen molar-refractivity contribution in [2.45, 2.75) is 19.9 Å². The minimum absolute atomic E-state index is 0.364. The van der Waals surface area contributed by atoms with E-state index in [-0.39, 0.29) is 6.61 Å². The summed E-state index contributed by atoms with van der Waals surface area (Å²) in [7, 11) is 0. The summed E-state index contributed by atoms with van der Waals surface area (Å²) in [5.41, 5.74) is 6.08. The Bertz CT molecular complexity index is 1520. The topological polar surface area (TPSA) is 73.0 Å². The van der Waals surface area contributed by atoms with E-state index in [0.717, 1.165) is 22.4 Å². The van der Waals surface area contributed by atoms with Gasteiger partial charge in [0.05, 0.1) is 12.3 Å². The van der Waals surface area contributed by atoms with Crippen LogP contribution >= 0.6 is 0 Å². The molecule has 0 spiro atoms. The summed E-state index contributed by atoms with van der Waals surface area (Å²) in [6.45, 7) is 2.65. The first-order chi connectivity index (χ1) is 18.1. The van der Waals surface area contributed by atoms with E-state index in [9.17, 15) is 4.79 Å². The van der Waals surface area contributed by atoms with Gasteiger partial charge in [-0.2, -0.15) is 0 Å². The van der Waals surface area contributed by atoms with Crippen LogP contribution in [0.4, 0.5) is 0 Å². The zero-order valence-electron chi connectivity index (χ0n) is 20.6. The van der Waals surface area contributed by atoms with Crippen LogP contribution in [-0.2, 0) is 22.6 Å². The maximum atomic E-state index is 10.8. The smallest absolute Gasteiger partial charge is 0.341 e. The largest absolute Gasteiger partial charge is 0.482 e. The summed E-state index contributed by atoms with van der Waals surface area (Å²) in [4.78, 5) is 16.7. The van der Waals surface area contributed by atoms with Gasteiger partial charge in [0.25, 0.3) is 0 Å². The second-order valence-electron chi connectivity index (χ2n) is 8.88. The molecule has 0 aliphatic rings. The maximum Gasteiger partial charge on any atom is 0.341 e. The van der Waals surface area contributed by atoms with Crippen molar-refractivity contribution in [3.05, 3.63) is 114 Å². The van der Waals surface area contributed by atoms with Crippen molar-refractivity contribution in [1.82, 2.24) is 4.57 Å². The van der Waals surface area contributed by atoms with E-state index in [1.54, 1.807) is 6.07 Å². The lowest BCUT2D eigenvalue weighted by molar-refractivity contribution is -0.139. The van der Waals surface area contributed by atoms with Crippen LogP contribution in [0.1, 0.15) is 16.7 Å². The van der Waals surface area contributed by atoms with E-state index < -0.39 is 5.97 Å². The molecule has 37 heavy (non-hydrogen) atoms. The van der Waals surface area contributed by atoms with Crippen LogP contribution in [0.2, 0.25) is 0 Å². The Hall–Kier alpha value is -4.58. The van der Waals surface area contributed by atoms with Crippen molar-refractivity contribution < 1.29 is 19.5 Å². The molecule has 0 bridgehead atoms. The number of nitrogens with zero attached hydrogens (tertiary/aromatic N) is 2. The Kier molecular flexibility index (Phi) is 7.17. The van der Waals surface area contributed by atoms with Crippen LogP contribution in [-0.4, -0.2) is 34.6 Å². The number of carboxylic acid groups (broad SMARTS) is 1. The lowest BCUT2D eigenvalue weighted by atomic mass is 10.0. The maximum absolute atomic E-state index is 10.8. The fraction of sp³-hybridized carbons (Fsp3) is 0.161. The molecule has 0 aliphatic heterocycles. The fourth-order valence-electron chi connectivity index (χ4n) is 4.63. The van der Waals surface area contributed by atoms with Gasteiger partial charge in [0, 0.05) is 28.2 Å². The molecular formula is C31H28N2O4. The van der Waals surface area contributed by atoms with E-state index in [2.05, 4.69) is 58.3 Å². The minimum atomic E-state index is -1.000. The number of aromatic nitrogens is 1. The van der Waals surface area contributed by atoms with Crippen molar-refractivity contribution in [3.63, 3.8) is 0 Å². The molecule has 0 fully saturated rings. The zero-order chi connectivity index (χ0) is 25.6. The molecule has 6 heteroatoms. The van der Waals surface area contributed by atoms with Gasteiger partial charge in [0.1, 0.15) is 12.4 Å². The van der Waals surface area contributed by atoms with Crippen LogP contribution in [0, 0.1) is 6.92 Å². The second-order valence-corrected chi connectivity index (χ2v) is 8.88. The summed E-state index contributed by atoms with van der Waals surface area (Å²) < 4.78 is 7.64. The highest BCUT2D eigenvalue weighted by atomic mass is 16.6. The normalized spacial score (nSPS) is 11.6. The number of carbonyl (C=O) groups is 1. The highest BCUT2D eigenvalue weighted by Gasteiger charge is 2.11. The predicted octanol–water partition coefficient (Wildman–Crippen LogP) is 6.23. The number of carboxylic acids is 1. The number of fused-ring (bicyclic) bond motifs is 3. The molecule has 0 radical (unpaired) electrons. The molecule has 0 saturated heterocycles. The summed E-state index contributed by atoms with van der Waals surface area (Å²) in [5, 5.41) is 15.9. The molecule has 186 valence electrons. The van der Waals surface area contributed by atoms with E-state index in [4.69, 9.17) is 14.7 Å². The van der Waals surface area contributed by atoms with Gasteiger partial charge >= 0.3 is 5.97 Å². The standard InChI is InChI=1S/C31H28N2O4/c1-22-19-23(15-16-30(22)36-21-31(34)35)20-27(24-9-3-2-4-10-24)32-37-18-17-33-28-13-7-5-11-25(28)26-12-6-8-14-29(26)33/h2-16,19H,17-18,20-21H2,1H3,(H,34,35). The third-order valence-corrected chi connectivity index (χ3v) is 6.33. The Balaban J connectivity index is 1.34. The first kappa shape index (κ1) is 24.1. The van der Waals surface area contributed by atoms with Gasteiger partial charge in [-0.1, -0.05) is 84.0 Å². The van der Waals surface area contributed by atoms with Crippen molar-refractivity contribution in [1.29, 1.82) is 0 Å². The SMILES string of the molecule is Cc1cc(CC(=NOCCn2c3ccccc3c3ccccc32)c2ccccc2)ccc1OCC(=O)O. The van der Waals surface area contributed by atoms with Gasteiger partial charge in [-0.05, 0) is 41.8 Å². The molecule has 0 saturated carbocycles. The van der Waals surface area contributed by atoms with Crippen molar-refractivity contribution in [3.8, 4) is 5.75 Å². The number of aliphatic carboxylic acids is 1. The Labute approximate surface area is 215 Å². The lowest BCUT2D eigenvalue weighted by Gasteiger charge is -2.11. The molecule has 1 aromatic heterocycles. The first-order valence-electron chi connectivity index (χ1n) is 12.2. The monoisotopic (exact) mass is 492 g/mol. The van der Waals surface area contributed by atoms with Gasteiger partial charge in [-0.3, -0.25) is 0 Å². The molecule has 4 aromatic carbocycles. The molecule has 5 rings (SSSR count). The fourth-order valence-corrected chi connectivity index (χ4v) is 4.63. The third-order valence-electron chi connectivity index (χ3n) is 6.33. The summed E-state index contributed by atoms with van der Waals surface area (Å²) in [5.74, 6) is -0.438. The van der Waals surface area contributed by atoms with E-state index in [0.29, 0.717) is 25.3 Å². The van der Waals surface area contributed by atoms with Gasteiger partial charge < -0.3 is 19.2 Å². The van der Waals surface area contributed by atoms with Gasteiger partial charge in [-0.15, -0.1) is 0 Å².